The first-order chi connectivity index (χ1) is 15.2. The molecule has 0 spiro atoms. The molecule has 1 unspecified atom stereocenters. The van der Waals surface area contributed by atoms with Crippen molar-refractivity contribution in [2.75, 3.05) is 0 Å². The Morgan fingerprint density at radius 2 is 1.19 bits per heavy atom. The van der Waals surface area contributed by atoms with Gasteiger partial charge >= 0.3 is 0 Å². The number of hydrogen-bond acceptors (Lipinski definition) is 1. The standard InChI is InChI=1S/C30H49N/c1-4-7-8-9-10-11-12-13-14-15-23-29(30(31,24-5-2)25-6-3)28-22-18-20-26-19-16-17-21-27(26)28/h16-22,29H,4-15,23-25,31H2,1-3H3. The molecule has 1 nitrogen and oxygen atoms in total. The molecule has 0 fully saturated rings. The highest BCUT2D eigenvalue weighted by Crippen LogP contribution is 2.40. The zero-order valence-corrected chi connectivity index (χ0v) is 20.8. The van der Waals surface area contributed by atoms with Crippen LogP contribution in [0.5, 0.6) is 0 Å². The summed E-state index contributed by atoms with van der Waals surface area (Å²) in [6.07, 6.45) is 19.7. The summed E-state index contributed by atoms with van der Waals surface area (Å²) >= 11 is 0. The summed E-state index contributed by atoms with van der Waals surface area (Å²) in [6, 6.07) is 15.7. The van der Waals surface area contributed by atoms with Crippen molar-refractivity contribution in [3.05, 3.63) is 48.0 Å². The number of benzene rings is 2. The summed E-state index contributed by atoms with van der Waals surface area (Å²) in [5, 5.41) is 2.76. The average molecular weight is 424 g/mol. The highest BCUT2D eigenvalue weighted by molar-refractivity contribution is 5.86. The van der Waals surface area contributed by atoms with Crippen LogP contribution in [0.2, 0.25) is 0 Å². The van der Waals surface area contributed by atoms with Crippen molar-refractivity contribution in [1.82, 2.24) is 0 Å². The lowest BCUT2D eigenvalue weighted by atomic mass is 9.71. The van der Waals surface area contributed by atoms with E-state index in [2.05, 4.69) is 63.2 Å². The Labute approximate surface area is 193 Å². The third kappa shape index (κ3) is 8.26. The molecule has 0 saturated heterocycles. The smallest absolute Gasteiger partial charge is 0.0223 e. The molecule has 2 rings (SSSR count). The predicted molar refractivity (Wildman–Crippen MR) is 140 cm³/mol. The van der Waals surface area contributed by atoms with Gasteiger partial charge in [-0.05, 0) is 35.6 Å². The van der Waals surface area contributed by atoms with Gasteiger partial charge in [-0.1, -0.05) is 140 Å². The van der Waals surface area contributed by atoms with Gasteiger partial charge in [0, 0.05) is 11.5 Å². The summed E-state index contributed by atoms with van der Waals surface area (Å²) < 4.78 is 0. The van der Waals surface area contributed by atoms with Crippen LogP contribution in [-0.4, -0.2) is 5.54 Å². The van der Waals surface area contributed by atoms with Crippen molar-refractivity contribution >= 4 is 10.8 Å². The molecule has 0 bridgehead atoms. The molecule has 0 aliphatic carbocycles. The second kappa shape index (κ2) is 14.7. The van der Waals surface area contributed by atoms with E-state index in [0.29, 0.717) is 5.92 Å². The summed E-state index contributed by atoms with van der Waals surface area (Å²) in [6.45, 7) is 6.87. The predicted octanol–water partition coefficient (Wildman–Crippen LogP) is 9.53. The van der Waals surface area contributed by atoms with Gasteiger partial charge in [0.15, 0.2) is 0 Å². The van der Waals surface area contributed by atoms with E-state index >= 15 is 0 Å². The van der Waals surface area contributed by atoms with Gasteiger partial charge in [-0.3, -0.25) is 0 Å². The highest BCUT2D eigenvalue weighted by Gasteiger charge is 2.34. The quantitative estimate of drug-likeness (QED) is 0.252. The summed E-state index contributed by atoms with van der Waals surface area (Å²) in [5.41, 5.74) is 8.60. The molecule has 0 amide bonds. The fraction of sp³-hybridized carbons (Fsp3) is 0.667. The van der Waals surface area contributed by atoms with Crippen molar-refractivity contribution in [3.8, 4) is 0 Å². The van der Waals surface area contributed by atoms with Gasteiger partial charge in [0.1, 0.15) is 0 Å². The highest BCUT2D eigenvalue weighted by atomic mass is 14.8. The molecule has 1 heteroatoms. The molecule has 1 atom stereocenters. The molecule has 0 heterocycles. The van der Waals surface area contributed by atoms with Crippen molar-refractivity contribution in [2.24, 2.45) is 5.73 Å². The molecule has 0 aliphatic rings. The lowest BCUT2D eigenvalue weighted by molar-refractivity contribution is 0.276. The van der Waals surface area contributed by atoms with Crippen molar-refractivity contribution in [3.63, 3.8) is 0 Å². The minimum Gasteiger partial charge on any atom is -0.325 e. The van der Waals surface area contributed by atoms with E-state index < -0.39 is 0 Å². The second-order valence-corrected chi connectivity index (χ2v) is 9.82. The van der Waals surface area contributed by atoms with Crippen LogP contribution >= 0.6 is 0 Å². The maximum Gasteiger partial charge on any atom is 0.0223 e. The van der Waals surface area contributed by atoms with Crippen molar-refractivity contribution in [2.45, 2.75) is 129 Å². The molecular formula is C30H49N. The number of unbranched alkanes of at least 4 members (excludes halogenated alkanes) is 9. The van der Waals surface area contributed by atoms with Crippen LogP contribution in [0.15, 0.2) is 42.5 Å². The van der Waals surface area contributed by atoms with Gasteiger partial charge in [0.05, 0.1) is 0 Å². The number of fused-ring (bicyclic) bond motifs is 1. The van der Waals surface area contributed by atoms with Crippen LogP contribution in [0.25, 0.3) is 10.8 Å². The molecule has 0 aliphatic heterocycles. The van der Waals surface area contributed by atoms with E-state index in [9.17, 15) is 0 Å². The van der Waals surface area contributed by atoms with Crippen LogP contribution in [0, 0.1) is 0 Å². The maximum absolute atomic E-state index is 7.21. The lowest BCUT2D eigenvalue weighted by Gasteiger charge is -2.39. The largest absolute Gasteiger partial charge is 0.325 e. The topological polar surface area (TPSA) is 26.0 Å². The molecule has 0 aromatic heterocycles. The number of rotatable bonds is 17. The molecule has 2 N–H and O–H groups in total. The van der Waals surface area contributed by atoms with Gasteiger partial charge in [-0.15, -0.1) is 0 Å². The fourth-order valence-corrected chi connectivity index (χ4v) is 5.55. The minimum absolute atomic E-state index is 0.0904. The van der Waals surface area contributed by atoms with Gasteiger partial charge in [-0.2, -0.15) is 0 Å². The van der Waals surface area contributed by atoms with E-state index in [1.54, 1.807) is 0 Å². The Bertz CT molecular complexity index is 708. The zero-order chi connectivity index (χ0) is 22.4. The van der Waals surface area contributed by atoms with E-state index in [4.69, 9.17) is 5.73 Å². The normalized spacial score (nSPS) is 13.0. The lowest BCUT2D eigenvalue weighted by Crippen LogP contribution is -2.45. The summed E-state index contributed by atoms with van der Waals surface area (Å²) in [4.78, 5) is 0. The first-order valence-corrected chi connectivity index (χ1v) is 13.4. The Morgan fingerprint density at radius 1 is 0.645 bits per heavy atom. The molecule has 0 radical (unpaired) electrons. The Hall–Kier alpha value is -1.34. The Kier molecular flexibility index (Phi) is 12.3. The third-order valence-electron chi connectivity index (χ3n) is 7.17. The van der Waals surface area contributed by atoms with Gasteiger partial charge in [-0.25, -0.2) is 0 Å². The average Bonchev–Trinajstić information content (AvgIpc) is 2.77. The molecule has 31 heavy (non-hydrogen) atoms. The van der Waals surface area contributed by atoms with Crippen LogP contribution < -0.4 is 5.73 Å². The Morgan fingerprint density at radius 3 is 1.81 bits per heavy atom. The van der Waals surface area contributed by atoms with Gasteiger partial charge < -0.3 is 5.73 Å². The maximum atomic E-state index is 7.21. The monoisotopic (exact) mass is 423 g/mol. The molecule has 174 valence electrons. The first-order valence-electron chi connectivity index (χ1n) is 13.4. The summed E-state index contributed by atoms with van der Waals surface area (Å²) in [5.74, 6) is 0.451. The zero-order valence-electron chi connectivity index (χ0n) is 20.8. The van der Waals surface area contributed by atoms with Gasteiger partial charge in [0.25, 0.3) is 0 Å². The molecule has 2 aromatic carbocycles. The molecule has 0 saturated carbocycles. The van der Waals surface area contributed by atoms with E-state index in [1.807, 2.05) is 0 Å². The van der Waals surface area contributed by atoms with Crippen LogP contribution in [-0.2, 0) is 0 Å². The van der Waals surface area contributed by atoms with Crippen LogP contribution in [0.3, 0.4) is 0 Å². The van der Waals surface area contributed by atoms with Crippen LogP contribution in [0.1, 0.15) is 129 Å². The Balaban J connectivity index is 2.01. The third-order valence-corrected chi connectivity index (χ3v) is 7.17. The van der Waals surface area contributed by atoms with E-state index in [1.165, 1.54) is 87.0 Å². The molecular weight excluding hydrogens is 374 g/mol. The first kappa shape index (κ1) is 25.9. The number of hydrogen-bond donors (Lipinski definition) is 1. The SMILES string of the molecule is CCCCCCCCCCCCC(c1cccc2ccccc12)C(N)(CCC)CCC. The number of nitrogens with two attached hydrogens (primary N) is 1. The van der Waals surface area contributed by atoms with Crippen molar-refractivity contribution < 1.29 is 0 Å². The van der Waals surface area contributed by atoms with Crippen LogP contribution in [0.4, 0.5) is 0 Å². The van der Waals surface area contributed by atoms with E-state index in [0.717, 1.165) is 25.7 Å². The fourth-order valence-electron chi connectivity index (χ4n) is 5.55. The minimum atomic E-state index is -0.0904. The summed E-state index contributed by atoms with van der Waals surface area (Å²) in [7, 11) is 0. The van der Waals surface area contributed by atoms with E-state index in [-0.39, 0.29) is 5.54 Å². The second-order valence-electron chi connectivity index (χ2n) is 9.82. The molecule has 2 aromatic rings. The van der Waals surface area contributed by atoms with Crippen molar-refractivity contribution in [1.29, 1.82) is 0 Å². The van der Waals surface area contributed by atoms with Gasteiger partial charge in [0.2, 0.25) is 0 Å².